The molecule has 144 valence electrons. The van der Waals surface area contributed by atoms with E-state index in [9.17, 15) is 13.2 Å². The summed E-state index contributed by atoms with van der Waals surface area (Å²) in [5.74, 6) is -0.467. The molecule has 0 heterocycles. The molecule has 0 aliphatic rings. The molecule has 0 spiro atoms. The summed E-state index contributed by atoms with van der Waals surface area (Å²) < 4.78 is 27.6. The zero-order chi connectivity index (χ0) is 19.9. The molecule has 2 aromatic carbocycles. The van der Waals surface area contributed by atoms with Crippen LogP contribution < -0.4 is 10.1 Å². The van der Waals surface area contributed by atoms with E-state index in [2.05, 4.69) is 22.2 Å². The number of nitrogens with one attached hydrogen (secondary N) is 2. The van der Waals surface area contributed by atoms with Crippen molar-refractivity contribution in [3.8, 4) is 0 Å². The second-order valence-corrected chi connectivity index (χ2v) is 8.15. The van der Waals surface area contributed by atoms with Gasteiger partial charge in [-0.3, -0.25) is 9.52 Å². The average Bonchev–Trinajstić information content (AvgIpc) is 2.64. The molecule has 27 heavy (non-hydrogen) atoms. The maximum atomic E-state index is 12.6. The third-order valence-corrected chi connectivity index (χ3v) is 5.34. The number of hydrogen-bond donors (Lipinski definition) is 2. The highest BCUT2D eigenvalue weighted by Gasteiger charge is 2.16. The summed E-state index contributed by atoms with van der Waals surface area (Å²) in [6, 6.07) is 12.1. The lowest BCUT2D eigenvalue weighted by molar-refractivity contribution is 0.0954. The lowest BCUT2D eigenvalue weighted by atomic mass is 10.2. The predicted octanol–water partition coefficient (Wildman–Crippen LogP) is 4.44. The van der Waals surface area contributed by atoms with E-state index in [1.165, 1.54) is 30.3 Å². The van der Waals surface area contributed by atoms with E-state index in [1.54, 1.807) is 18.2 Å². The molecule has 0 saturated carbocycles. The van der Waals surface area contributed by atoms with Gasteiger partial charge >= 0.3 is 0 Å². The molecule has 0 aliphatic carbocycles. The molecule has 0 aromatic heterocycles. The molecule has 0 fully saturated rings. The fourth-order valence-corrected chi connectivity index (χ4v) is 3.56. The molecular weight excluding hydrogens is 386 g/mol. The zero-order valence-electron chi connectivity index (χ0n) is 15.2. The average molecular weight is 408 g/mol. The summed E-state index contributed by atoms with van der Waals surface area (Å²) in [7, 11) is -3.85. The predicted molar refractivity (Wildman–Crippen MR) is 109 cm³/mol. The van der Waals surface area contributed by atoms with Gasteiger partial charge in [0.05, 0.1) is 10.6 Å². The number of halogens is 1. The number of amides is 1. The minimum atomic E-state index is -3.85. The van der Waals surface area contributed by atoms with Crippen LogP contribution in [0.15, 0.2) is 58.5 Å². The molecule has 2 aromatic rings. The van der Waals surface area contributed by atoms with Gasteiger partial charge in [0.25, 0.3) is 15.9 Å². The van der Waals surface area contributed by atoms with E-state index in [4.69, 9.17) is 11.6 Å². The van der Waals surface area contributed by atoms with E-state index in [-0.39, 0.29) is 10.5 Å². The highest BCUT2D eigenvalue weighted by atomic mass is 35.5. The van der Waals surface area contributed by atoms with Crippen molar-refractivity contribution < 1.29 is 13.2 Å². The quantitative estimate of drug-likeness (QED) is 0.501. The van der Waals surface area contributed by atoms with Crippen LogP contribution in [0.1, 0.15) is 43.5 Å². The van der Waals surface area contributed by atoms with Crippen LogP contribution in [0.5, 0.6) is 0 Å². The fourth-order valence-electron chi connectivity index (χ4n) is 2.27. The van der Waals surface area contributed by atoms with Gasteiger partial charge in [0.15, 0.2) is 0 Å². The van der Waals surface area contributed by atoms with Crippen LogP contribution in [0, 0.1) is 0 Å². The Morgan fingerprint density at radius 1 is 1.15 bits per heavy atom. The lowest BCUT2D eigenvalue weighted by Crippen LogP contribution is -2.20. The van der Waals surface area contributed by atoms with Crippen molar-refractivity contribution in [2.75, 3.05) is 4.72 Å². The Morgan fingerprint density at radius 2 is 1.89 bits per heavy atom. The third-order valence-electron chi connectivity index (χ3n) is 3.72. The van der Waals surface area contributed by atoms with Crippen LogP contribution in [0.4, 0.5) is 5.69 Å². The Hall–Kier alpha value is -2.38. The normalized spacial score (nSPS) is 11.9. The molecule has 6 nitrogen and oxygen atoms in total. The highest BCUT2D eigenvalue weighted by molar-refractivity contribution is 7.92. The first-order valence-corrected chi connectivity index (χ1v) is 10.4. The molecule has 0 atom stereocenters. The van der Waals surface area contributed by atoms with Crippen LogP contribution in [-0.4, -0.2) is 20.0 Å². The minimum Gasteiger partial charge on any atom is -0.280 e. The van der Waals surface area contributed by atoms with E-state index in [0.717, 1.165) is 25.0 Å². The maximum Gasteiger partial charge on any atom is 0.271 e. The Bertz CT molecular complexity index is 943. The molecule has 0 radical (unpaired) electrons. The van der Waals surface area contributed by atoms with Gasteiger partial charge in [0.1, 0.15) is 0 Å². The molecule has 0 aliphatic heterocycles. The van der Waals surface area contributed by atoms with Gasteiger partial charge in [-0.1, -0.05) is 37.1 Å². The lowest BCUT2D eigenvalue weighted by Gasteiger charge is -2.09. The molecule has 0 saturated heterocycles. The monoisotopic (exact) mass is 407 g/mol. The summed E-state index contributed by atoms with van der Waals surface area (Å²) in [6.07, 6.45) is 2.84. The van der Waals surface area contributed by atoms with Crippen molar-refractivity contribution >= 4 is 38.9 Å². The first-order chi connectivity index (χ1) is 12.8. The van der Waals surface area contributed by atoms with Crippen molar-refractivity contribution in [1.29, 1.82) is 0 Å². The van der Waals surface area contributed by atoms with Crippen molar-refractivity contribution in [2.24, 2.45) is 5.10 Å². The van der Waals surface area contributed by atoms with Crippen molar-refractivity contribution in [1.82, 2.24) is 5.43 Å². The van der Waals surface area contributed by atoms with E-state index < -0.39 is 15.9 Å². The number of hydrogen-bond acceptors (Lipinski definition) is 4. The second kappa shape index (κ2) is 9.53. The number of nitrogens with zero attached hydrogens (tertiary/aromatic N) is 1. The SMILES string of the molecule is CCCC/C(C)=N\NC(=O)c1cccc(S(=O)(=O)Nc2cccc(Cl)c2)c1. The summed E-state index contributed by atoms with van der Waals surface area (Å²) in [5.41, 5.74) is 3.82. The van der Waals surface area contributed by atoms with Crippen LogP contribution in [0.3, 0.4) is 0 Å². The van der Waals surface area contributed by atoms with E-state index in [0.29, 0.717) is 10.7 Å². The van der Waals surface area contributed by atoms with Crippen LogP contribution in [-0.2, 0) is 10.0 Å². The first-order valence-electron chi connectivity index (χ1n) is 8.54. The summed E-state index contributed by atoms with van der Waals surface area (Å²) in [5, 5.41) is 4.46. The summed E-state index contributed by atoms with van der Waals surface area (Å²) >= 11 is 5.88. The number of rotatable bonds is 8. The number of anilines is 1. The molecule has 1 amide bonds. The van der Waals surface area contributed by atoms with Crippen molar-refractivity contribution in [3.63, 3.8) is 0 Å². The Morgan fingerprint density at radius 3 is 2.59 bits per heavy atom. The Labute approximate surface area is 164 Å². The minimum absolute atomic E-state index is 0.0261. The number of carbonyl (C=O) groups is 1. The number of unbranched alkanes of at least 4 members (excludes halogenated alkanes) is 1. The molecular formula is C19H22ClN3O3S. The highest BCUT2D eigenvalue weighted by Crippen LogP contribution is 2.20. The van der Waals surface area contributed by atoms with Gasteiger partial charge in [-0.25, -0.2) is 13.8 Å². The van der Waals surface area contributed by atoms with Crippen molar-refractivity contribution in [2.45, 2.75) is 38.0 Å². The van der Waals surface area contributed by atoms with Crippen molar-refractivity contribution in [3.05, 3.63) is 59.1 Å². The number of carbonyl (C=O) groups excluding carboxylic acids is 1. The smallest absolute Gasteiger partial charge is 0.271 e. The van der Waals surface area contributed by atoms with Crippen LogP contribution in [0.25, 0.3) is 0 Å². The number of hydrazone groups is 1. The van der Waals surface area contributed by atoms with Gasteiger partial charge in [0, 0.05) is 16.3 Å². The molecule has 2 rings (SSSR count). The second-order valence-electron chi connectivity index (χ2n) is 6.04. The van der Waals surface area contributed by atoms with Gasteiger partial charge in [-0.15, -0.1) is 0 Å². The third kappa shape index (κ3) is 6.37. The Balaban J connectivity index is 2.15. The van der Waals surface area contributed by atoms with E-state index in [1.807, 2.05) is 6.92 Å². The molecule has 0 unspecified atom stereocenters. The molecule has 8 heteroatoms. The number of sulfonamides is 1. The van der Waals surface area contributed by atoms with Crippen LogP contribution >= 0.6 is 11.6 Å². The standard InChI is InChI=1S/C19H22ClN3O3S/c1-3-4-7-14(2)21-22-19(24)15-8-5-11-18(12-15)27(25,26)23-17-10-6-9-16(20)13-17/h5-6,8-13,23H,3-4,7H2,1-2H3,(H,22,24)/b21-14-. The summed E-state index contributed by atoms with van der Waals surface area (Å²) in [4.78, 5) is 12.2. The van der Waals surface area contributed by atoms with E-state index >= 15 is 0 Å². The topological polar surface area (TPSA) is 87.6 Å². The summed E-state index contributed by atoms with van der Waals surface area (Å²) in [6.45, 7) is 3.92. The largest absolute Gasteiger partial charge is 0.280 e. The maximum absolute atomic E-state index is 12.6. The molecule has 2 N–H and O–H groups in total. The fraction of sp³-hybridized carbons (Fsp3) is 0.263. The number of benzene rings is 2. The first kappa shape index (κ1) is 20.9. The molecule has 0 bridgehead atoms. The van der Waals surface area contributed by atoms with Gasteiger partial charge in [0.2, 0.25) is 0 Å². The van der Waals surface area contributed by atoms with Gasteiger partial charge in [-0.2, -0.15) is 5.10 Å². The Kier molecular flexibility index (Phi) is 7.38. The van der Waals surface area contributed by atoms with Crippen LogP contribution in [0.2, 0.25) is 5.02 Å². The zero-order valence-corrected chi connectivity index (χ0v) is 16.8. The van der Waals surface area contributed by atoms with Gasteiger partial charge < -0.3 is 0 Å². The van der Waals surface area contributed by atoms with Gasteiger partial charge in [-0.05, 0) is 56.2 Å².